The summed E-state index contributed by atoms with van der Waals surface area (Å²) in [5.74, 6) is 0.0566. The fraction of sp³-hybridized carbons (Fsp3) is 0.0625. The van der Waals surface area contributed by atoms with E-state index in [1.165, 1.54) is 30.1 Å². The molecule has 8 nitrogen and oxygen atoms in total. The number of benzene rings is 1. The second kappa shape index (κ2) is 7.11. The zero-order valence-corrected chi connectivity index (χ0v) is 15.0. The van der Waals surface area contributed by atoms with Gasteiger partial charge in [-0.15, -0.1) is 0 Å². The van der Waals surface area contributed by atoms with Gasteiger partial charge >= 0.3 is 0 Å². The fourth-order valence-corrected chi connectivity index (χ4v) is 2.97. The fourth-order valence-electron chi connectivity index (χ4n) is 2.33. The van der Waals surface area contributed by atoms with Gasteiger partial charge in [-0.3, -0.25) is 14.7 Å². The minimum atomic E-state index is -0.512. The van der Waals surface area contributed by atoms with Crippen LogP contribution >= 0.6 is 23.2 Å². The average molecular weight is 394 g/mol. The van der Waals surface area contributed by atoms with Crippen LogP contribution in [0.25, 0.3) is 11.4 Å². The van der Waals surface area contributed by atoms with Crippen LogP contribution in [0.5, 0.6) is 5.75 Å². The Morgan fingerprint density at radius 1 is 1.35 bits per heavy atom. The Labute approximate surface area is 157 Å². The molecule has 0 spiro atoms. The van der Waals surface area contributed by atoms with Gasteiger partial charge in [0.15, 0.2) is 11.5 Å². The monoisotopic (exact) mass is 393 g/mol. The van der Waals surface area contributed by atoms with Crippen molar-refractivity contribution in [3.8, 4) is 17.1 Å². The Hall–Kier alpha value is -2.97. The Morgan fingerprint density at radius 2 is 2.04 bits per heavy atom. The zero-order chi connectivity index (χ0) is 18.8. The van der Waals surface area contributed by atoms with Gasteiger partial charge in [0.1, 0.15) is 11.4 Å². The number of halogens is 2. The van der Waals surface area contributed by atoms with E-state index in [2.05, 4.69) is 22.1 Å². The third-order valence-electron chi connectivity index (χ3n) is 3.48. The SMILES string of the molecule is C=CC(=O)Nc1[nH]n(-c2c(Cl)cc(OC)cc2Cl)c(=O)c1-n1cccn1. The number of nitrogens with one attached hydrogen (secondary N) is 2. The molecule has 0 fully saturated rings. The van der Waals surface area contributed by atoms with Gasteiger partial charge in [-0.25, -0.2) is 9.36 Å². The highest BCUT2D eigenvalue weighted by Gasteiger charge is 2.22. The Kier molecular flexibility index (Phi) is 4.88. The number of methoxy groups -OCH3 is 1. The van der Waals surface area contributed by atoms with E-state index in [-0.39, 0.29) is 27.2 Å². The molecule has 2 heterocycles. The summed E-state index contributed by atoms with van der Waals surface area (Å²) in [5.41, 5.74) is -0.207. The molecule has 0 saturated heterocycles. The van der Waals surface area contributed by atoms with Gasteiger partial charge in [-0.05, 0) is 12.1 Å². The van der Waals surface area contributed by atoms with E-state index in [4.69, 9.17) is 27.9 Å². The standard InChI is InChI=1S/C16H13Cl2N5O3/c1-3-12(24)20-15-14(22-6-4-5-19-22)16(25)23(21-15)13-10(17)7-9(26-2)8-11(13)18/h3-8,21H,1H2,2H3,(H,20,24). The molecule has 2 N–H and O–H groups in total. The van der Waals surface area contributed by atoms with E-state index in [0.717, 1.165) is 10.8 Å². The van der Waals surface area contributed by atoms with E-state index in [0.29, 0.717) is 5.75 Å². The summed E-state index contributed by atoms with van der Waals surface area (Å²) < 4.78 is 7.55. The quantitative estimate of drug-likeness (QED) is 0.651. The van der Waals surface area contributed by atoms with Gasteiger partial charge in [-0.2, -0.15) is 5.10 Å². The number of anilines is 1. The minimum Gasteiger partial charge on any atom is -0.497 e. The van der Waals surface area contributed by atoms with Gasteiger partial charge in [-0.1, -0.05) is 29.8 Å². The lowest BCUT2D eigenvalue weighted by Crippen LogP contribution is -2.19. The van der Waals surface area contributed by atoms with Crippen LogP contribution in [0.2, 0.25) is 10.0 Å². The molecule has 0 aliphatic heterocycles. The first-order chi connectivity index (χ1) is 12.5. The minimum absolute atomic E-state index is 0.0909. The Balaban J connectivity index is 2.24. The second-order valence-corrected chi connectivity index (χ2v) is 5.87. The maximum absolute atomic E-state index is 13.0. The smallest absolute Gasteiger partial charge is 0.299 e. The second-order valence-electron chi connectivity index (χ2n) is 5.06. The van der Waals surface area contributed by atoms with E-state index >= 15 is 0 Å². The first kappa shape index (κ1) is 17.8. The lowest BCUT2D eigenvalue weighted by Gasteiger charge is -2.09. The van der Waals surface area contributed by atoms with Crippen molar-refractivity contribution < 1.29 is 9.53 Å². The predicted molar refractivity (Wildman–Crippen MR) is 98.9 cm³/mol. The molecule has 3 aromatic rings. The van der Waals surface area contributed by atoms with Crippen LogP contribution in [0, 0.1) is 0 Å². The summed E-state index contributed by atoms with van der Waals surface area (Å²) in [7, 11) is 1.47. The molecule has 1 aromatic carbocycles. The van der Waals surface area contributed by atoms with Crippen molar-refractivity contribution >= 4 is 34.9 Å². The summed E-state index contributed by atoms with van der Waals surface area (Å²) >= 11 is 12.5. The maximum Gasteiger partial charge on any atom is 0.299 e. The first-order valence-corrected chi connectivity index (χ1v) is 8.03. The van der Waals surface area contributed by atoms with Crippen LogP contribution in [0.3, 0.4) is 0 Å². The summed E-state index contributed by atoms with van der Waals surface area (Å²) in [6, 6.07) is 4.68. The summed E-state index contributed by atoms with van der Waals surface area (Å²) in [6.07, 6.45) is 4.15. The van der Waals surface area contributed by atoms with Crippen LogP contribution < -0.4 is 15.6 Å². The van der Waals surface area contributed by atoms with E-state index in [1.807, 2.05) is 0 Å². The molecular formula is C16H13Cl2N5O3. The number of nitrogens with zero attached hydrogens (tertiary/aromatic N) is 3. The molecular weight excluding hydrogens is 381 g/mol. The molecule has 26 heavy (non-hydrogen) atoms. The van der Waals surface area contributed by atoms with Crippen molar-refractivity contribution in [2.75, 3.05) is 12.4 Å². The molecule has 2 aromatic heterocycles. The molecule has 0 aliphatic rings. The molecule has 0 saturated carbocycles. The number of amides is 1. The van der Waals surface area contributed by atoms with Crippen molar-refractivity contribution in [3.63, 3.8) is 0 Å². The average Bonchev–Trinajstić information content (AvgIpc) is 3.22. The van der Waals surface area contributed by atoms with Gasteiger partial charge < -0.3 is 10.1 Å². The van der Waals surface area contributed by atoms with E-state index in [9.17, 15) is 9.59 Å². The number of carbonyl (C=O) groups excluding carboxylic acids is 1. The molecule has 134 valence electrons. The number of H-pyrrole nitrogens is 1. The molecule has 0 radical (unpaired) electrons. The van der Waals surface area contributed by atoms with Gasteiger partial charge in [0.05, 0.1) is 17.2 Å². The van der Waals surface area contributed by atoms with Crippen molar-refractivity contribution in [2.45, 2.75) is 0 Å². The summed E-state index contributed by atoms with van der Waals surface area (Å²) in [4.78, 5) is 24.7. The lowest BCUT2D eigenvalue weighted by molar-refractivity contribution is -0.111. The third-order valence-corrected chi connectivity index (χ3v) is 4.06. The van der Waals surface area contributed by atoms with E-state index < -0.39 is 11.5 Å². The Bertz CT molecular complexity index is 1010. The van der Waals surface area contributed by atoms with Crippen LogP contribution in [-0.2, 0) is 4.79 Å². The van der Waals surface area contributed by atoms with Crippen molar-refractivity contribution in [1.29, 1.82) is 0 Å². The number of carbonyl (C=O) groups is 1. The predicted octanol–water partition coefficient (Wildman–Crippen LogP) is 2.79. The van der Waals surface area contributed by atoms with Gasteiger partial charge in [0.25, 0.3) is 5.56 Å². The highest BCUT2D eigenvalue weighted by atomic mass is 35.5. The third kappa shape index (κ3) is 3.12. The molecule has 10 heteroatoms. The van der Waals surface area contributed by atoms with Crippen LogP contribution in [-0.4, -0.2) is 32.6 Å². The molecule has 3 rings (SSSR count). The van der Waals surface area contributed by atoms with Crippen LogP contribution in [0.1, 0.15) is 0 Å². The van der Waals surface area contributed by atoms with Gasteiger partial charge in [0.2, 0.25) is 5.91 Å². The highest BCUT2D eigenvalue weighted by molar-refractivity contribution is 6.38. The number of ether oxygens (including phenoxy) is 1. The molecule has 1 amide bonds. The number of rotatable bonds is 5. The molecule has 0 atom stereocenters. The number of aromatic amines is 1. The number of aromatic nitrogens is 4. The number of hydrogen-bond acceptors (Lipinski definition) is 4. The summed E-state index contributed by atoms with van der Waals surface area (Å²) in [6.45, 7) is 3.39. The first-order valence-electron chi connectivity index (χ1n) is 7.28. The van der Waals surface area contributed by atoms with Crippen LogP contribution in [0.15, 0.2) is 48.0 Å². The summed E-state index contributed by atoms with van der Waals surface area (Å²) in [5, 5.41) is 9.74. The van der Waals surface area contributed by atoms with Crippen molar-refractivity contribution in [2.24, 2.45) is 0 Å². The lowest BCUT2D eigenvalue weighted by atomic mass is 10.3. The normalized spacial score (nSPS) is 10.6. The number of hydrogen-bond donors (Lipinski definition) is 2. The van der Waals surface area contributed by atoms with Crippen LogP contribution in [0.4, 0.5) is 5.82 Å². The zero-order valence-electron chi connectivity index (χ0n) is 13.5. The molecule has 0 bridgehead atoms. The van der Waals surface area contributed by atoms with E-state index in [1.54, 1.807) is 12.3 Å². The van der Waals surface area contributed by atoms with Crippen molar-refractivity contribution in [3.05, 3.63) is 63.6 Å². The van der Waals surface area contributed by atoms with Gasteiger partial charge in [0, 0.05) is 24.5 Å². The topological polar surface area (TPSA) is 93.9 Å². The molecule has 0 aliphatic carbocycles. The van der Waals surface area contributed by atoms with Crippen molar-refractivity contribution in [1.82, 2.24) is 19.6 Å². The Morgan fingerprint density at radius 3 is 2.58 bits per heavy atom. The largest absolute Gasteiger partial charge is 0.497 e. The maximum atomic E-state index is 13.0. The highest BCUT2D eigenvalue weighted by Crippen LogP contribution is 2.33. The molecule has 0 unspecified atom stereocenters.